The van der Waals surface area contributed by atoms with Gasteiger partial charge in [-0.15, -0.1) is 0 Å². The zero-order valence-electron chi connectivity index (χ0n) is 16.1. The Kier molecular flexibility index (Phi) is 4.31. The van der Waals surface area contributed by atoms with Gasteiger partial charge in [0.25, 0.3) is 0 Å². The molecule has 0 saturated heterocycles. The largest absolute Gasteiger partial charge is 0.487 e. The van der Waals surface area contributed by atoms with E-state index in [0.717, 1.165) is 29.0 Å². The Morgan fingerprint density at radius 3 is 2.29 bits per heavy atom. The van der Waals surface area contributed by atoms with E-state index in [9.17, 15) is 0 Å². The zero-order chi connectivity index (χ0) is 19.0. The minimum atomic E-state index is 0.121. The Hall–Kier alpha value is -2.81. The summed E-state index contributed by atoms with van der Waals surface area (Å²) in [5, 5.41) is 0. The number of anilines is 1. The van der Waals surface area contributed by atoms with Crippen molar-refractivity contribution in [2.75, 3.05) is 5.73 Å². The van der Waals surface area contributed by atoms with Gasteiger partial charge in [0, 0.05) is 17.3 Å². The Balaban J connectivity index is 1.43. The van der Waals surface area contributed by atoms with Crippen molar-refractivity contribution < 1.29 is 4.74 Å². The van der Waals surface area contributed by atoms with E-state index in [1.807, 2.05) is 30.3 Å². The lowest BCUT2D eigenvalue weighted by molar-refractivity contribution is 0.299. The molecular weight excluding hydrogens is 344 g/mol. The summed E-state index contributed by atoms with van der Waals surface area (Å²) in [5.41, 5.74) is 10.7. The van der Waals surface area contributed by atoms with Crippen LogP contribution >= 0.6 is 0 Å². The summed E-state index contributed by atoms with van der Waals surface area (Å²) in [6.45, 7) is 0.494. The summed E-state index contributed by atoms with van der Waals surface area (Å²) in [7, 11) is 0. The molecule has 0 aliphatic heterocycles. The van der Waals surface area contributed by atoms with Gasteiger partial charge in [0.05, 0.1) is 5.69 Å². The van der Waals surface area contributed by atoms with Gasteiger partial charge in [-0.25, -0.2) is 0 Å². The van der Waals surface area contributed by atoms with Gasteiger partial charge >= 0.3 is 0 Å². The standard InChI is InChI=1S/C25H26N2O/c26-22-10-6-19(7-11-22)25(16-18-4-5-21(25)15-18)20-8-12-24(13-9-20)28-17-23-3-1-2-14-27-23/h1-3,6-14,18,21H,4-5,15-17,26H2. The first-order valence-corrected chi connectivity index (χ1v) is 10.2. The third-order valence-corrected chi connectivity index (χ3v) is 6.76. The van der Waals surface area contributed by atoms with Crippen LogP contribution in [0.1, 0.15) is 42.5 Å². The van der Waals surface area contributed by atoms with E-state index in [0.29, 0.717) is 6.61 Å². The van der Waals surface area contributed by atoms with Crippen molar-refractivity contribution in [3.8, 4) is 5.75 Å². The van der Waals surface area contributed by atoms with Gasteiger partial charge in [-0.1, -0.05) is 36.8 Å². The number of benzene rings is 2. The molecule has 0 amide bonds. The van der Waals surface area contributed by atoms with Crippen LogP contribution in [0.3, 0.4) is 0 Å². The zero-order valence-corrected chi connectivity index (χ0v) is 16.1. The van der Waals surface area contributed by atoms with Gasteiger partial charge in [0.1, 0.15) is 12.4 Å². The number of nitrogens with zero attached hydrogens (tertiary/aromatic N) is 1. The van der Waals surface area contributed by atoms with E-state index >= 15 is 0 Å². The Bertz CT molecular complexity index is 937. The summed E-state index contributed by atoms with van der Waals surface area (Å²) in [6, 6.07) is 23.2. The summed E-state index contributed by atoms with van der Waals surface area (Å²) >= 11 is 0. The second-order valence-electron chi connectivity index (χ2n) is 8.31. The molecule has 3 nitrogen and oxygen atoms in total. The highest BCUT2D eigenvalue weighted by Gasteiger charge is 2.52. The van der Waals surface area contributed by atoms with Crippen LogP contribution in [0, 0.1) is 11.8 Å². The van der Waals surface area contributed by atoms with Crippen LogP contribution in [0.15, 0.2) is 72.9 Å². The molecule has 2 aromatic carbocycles. The highest BCUT2D eigenvalue weighted by molar-refractivity contribution is 5.48. The van der Waals surface area contributed by atoms with Crippen LogP contribution in [-0.2, 0) is 12.0 Å². The maximum atomic E-state index is 5.96. The molecule has 28 heavy (non-hydrogen) atoms. The van der Waals surface area contributed by atoms with E-state index in [4.69, 9.17) is 10.5 Å². The van der Waals surface area contributed by atoms with Crippen molar-refractivity contribution in [2.24, 2.45) is 11.8 Å². The first-order chi connectivity index (χ1) is 13.7. The molecule has 3 aromatic rings. The smallest absolute Gasteiger partial charge is 0.130 e. The number of nitrogens with two attached hydrogens (primary N) is 1. The molecule has 2 fully saturated rings. The fraction of sp³-hybridized carbons (Fsp3) is 0.320. The summed E-state index contributed by atoms with van der Waals surface area (Å²) in [4.78, 5) is 4.32. The SMILES string of the molecule is Nc1ccc(C2(c3ccc(OCc4ccccn4)cc3)CC3CCC2C3)cc1. The van der Waals surface area contributed by atoms with Gasteiger partial charge in [0.15, 0.2) is 0 Å². The normalized spacial score (nSPS) is 25.7. The van der Waals surface area contributed by atoms with E-state index in [-0.39, 0.29) is 5.41 Å². The van der Waals surface area contributed by atoms with Gasteiger partial charge in [-0.05, 0) is 78.6 Å². The molecule has 3 atom stereocenters. The van der Waals surface area contributed by atoms with Crippen LogP contribution in [0.5, 0.6) is 5.75 Å². The van der Waals surface area contributed by atoms with Crippen molar-refractivity contribution in [1.29, 1.82) is 0 Å². The third kappa shape index (κ3) is 2.95. The minimum Gasteiger partial charge on any atom is -0.487 e. The molecule has 3 unspecified atom stereocenters. The van der Waals surface area contributed by atoms with Crippen LogP contribution in [0.25, 0.3) is 0 Å². The first kappa shape index (κ1) is 17.3. The van der Waals surface area contributed by atoms with E-state index in [1.165, 1.54) is 36.8 Å². The maximum Gasteiger partial charge on any atom is 0.130 e. The highest BCUT2D eigenvalue weighted by Crippen LogP contribution is 2.60. The van der Waals surface area contributed by atoms with Gasteiger partial charge in [0.2, 0.25) is 0 Å². The molecule has 142 valence electrons. The molecule has 2 N–H and O–H groups in total. The summed E-state index contributed by atoms with van der Waals surface area (Å²) < 4.78 is 5.95. The topological polar surface area (TPSA) is 48.1 Å². The average Bonchev–Trinajstić information content (AvgIpc) is 3.36. The number of hydrogen-bond acceptors (Lipinski definition) is 3. The monoisotopic (exact) mass is 370 g/mol. The lowest BCUT2D eigenvalue weighted by Crippen LogP contribution is -2.34. The lowest BCUT2D eigenvalue weighted by atomic mass is 9.64. The maximum absolute atomic E-state index is 5.96. The van der Waals surface area contributed by atoms with E-state index < -0.39 is 0 Å². The molecule has 1 aromatic heterocycles. The summed E-state index contributed by atoms with van der Waals surface area (Å²) in [6.07, 6.45) is 7.10. The fourth-order valence-corrected chi connectivity index (χ4v) is 5.47. The van der Waals surface area contributed by atoms with Gasteiger partial charge in [-0.2, -0.15) is 0 Å². The number of nitrogen functional groups attached to an aromatic ring is 1. The van der Waals surface area contributed by atoms with Crippen molar-refractivity contribution in [3.63, 3.8) is 0 Å². The van der Waals surface area contributed by atoms with E-state index in [1.54, 1.807) is 6.20 Å². The molecule has 2 aliphatic rings. The van der Waals surface area contributed by atoms with Crippen LogP contribution in [0.4, 0.5) is 5.69 Å². The number of fused-ring (bicyclic) bond motifs is 2. The van der Waals surface area contributed by atoms with Crippen molar-refractivity contribution in [3.05, 3.63) is 89.7 Å². The number of ether oxygens (including phenoxy) is 1. The molecule has 2 saturated carbocycles. The Morgan fingerprint density at radius 1 is 0.929 bits per heavy atom. The molecule has 2 aliphatic carbocycles. The van der Waals surface area contributed by atoms with Gasteiger partial charge < -0.3 is 10.5 Å². The number of aromatic nitrogens is 1. The molecule has 3 heteroatoms. The van der Waals surface area contributed by atoms with Crippen LogP contribution in [-0.4, -0.2) is 4.98 Å². The Morgan fingerprint density at radius 2 is 1.68 bits per heavy atom. The Labute approximate surface area is 166 Å². The molecular formula is C25H26N2O. The number of pyridine rings is 1. The molecule has 0 radical (unpaired) electrons. The second-order valence-corrected chi connectivity index (χ2v) is 8.31. The molecule has 0 spiro atoms. The lowest BCUT2D eigenvalue weighted by Gasteiger charge is -2.39. The molecule has 5 rings (SSSR count). The van der Waals surface area contributed by atoms with Crippen molar-refractivity contribution >= 4 is 5.69 Å². The highest BCUT2D eigenvalue weighted by atomic mass is 16.5. The average molecular weight is 370 g/mol. The van der Waals surface area contributed by atoms with Gasteiger partial charge in [-0.3, -0.25) is 4.98 Å². The van der Waals surface area contributed by atoms with E-state index in [2.05, 4.69) is 41.4 Å². The third-order valence-electron chi connectivity index (χ3n) is 6.76. The van der Waals surface area contributed by atoms with Crippen molar-refractivity contribution in [2.45, 2.75) is 37.7 Å². The number of rotatable bonds is 5. The molecule has 1 heterocycles. The minimum absolute atomic E-state index is 0.121. The predicted molar refractivity (Wildman–Crippen MR) is 112 cm³/mol. The predicted octanol–water partition coefficient (Wildman–Crippen LogP) is 5.35. The second kappa shape index (κ2) is 6.97. The first-order valence-electron chi connectivity index (χ1n) is 10.2. The van der Waals surface area contributed by atoms with Crippen LogP contribution in [0.2, 0.25) is 0 Å². The van der Waals surface area contributed by atoms with Crippen molar-refractivity contribution in [1.82, 2.24) is 4.98 Å². The number of hydrogen-bond donors (Lipinski definition) is 1. The summed E-state index contributed by atoms with van der Waals surface area (Å²) in [5.74, 6) is 2.47. The fourth-order valence-electron chi connectivity index (χ4n) is 5.47. The van der Waals surface area contributed by atoms with Crippen LogP contribution < -0.4 is 10.5 Å². The molecule has 2 bridgehead atoms. The quantitative estimate of drug-likeness (QED) is 0.616.